The summed E-state index contributed by atoms with van der Waals surface area (Å²) in [6.45, 7) is 0.283. The summed E-state index contributed by atoms with van der Waals surface area (Å²) in [5, 5.41) is 0. The predicted molar refractivity (Wildman–Crippen MR) is 50.2 cm³/mol. The van der Waals surface area contributed by atoms with E-state index in [1.54, 1.807) is 24.3 Å². The maximum Gasteiger partial charge on any atom is 0.312 e. The number of hydrogen-bond acceptors (Lipinski definition) is 4. The lowest BCUT2D eigenvalue weighted by molar-refractivity contribution is -0.134. The number of anilines is 1. The fourth-order valence-corrected chi connectivity index (χ4v) is 0.865. The maximum absolute atomic E-state index is 11.0. The molecule has 0 fully saturated rings. The number of nitrogen functional groups attached to an aromatic ring is 1. The molecule has 0 saturated carbocycles. The summed E-state index contributed by atoms with van der Waals surface area (Å²) < 4.78 is 4.94. The van der Waals surface area contributed by atoms with Gasteiger partial charge < -0.3 is 16.2 Å². The third-order valence-corrected chi connectivity index (χ3v) is 1.49. The van der Waals surface area contributed by atoms with Gasteiger partial charge in [0.05, 0.1) is 12.1 Å². The van der Waals surface area contributed by atoms with Gasteiger partial charge >= 0.3 is 5.97 Å². The van der Waals surface area contributed by atoms with Crippen LogP contribution in [0.4, 0.5) is 5.69 Å². The molecular formula is C9H12N2O2. The Labute approximate surface area is 76.5 Å². The van der Waals surface area contributed by atoms with Crippen LogP contribution in [0.25, 0.3) is 0 Å². The minimum atomic E-state index is -0.361. The van der Waals surface area contributed by atoms with Crippen LogP contribution in [0, 0.1) is 0 Å². The molecule has 0 aliphatic rings. The van der Waals surface area contributed by atoms with E-state index in [0.29, 0.717) is 11.4 Å². The number of rotatable bonds is 3. The molecule has 1 rings (SSSR count). The van der Waals surface area contributed by atoms with Crippen molar-refractivity contribution in [2.24, 2.45) is 5.73 Å². The van der Waals surface area contributed by atoms with Gasteiger partial charge in [-0.3, -0.25) is 4.79 Å². The average Bonchev–Trinajstić information content (AvgIpc) is 2.09. The fraction of sp³-hybridized carbons (Fsp3) is 0.222. The molecule has 0 unspecified atom stereocenters. The lowest BCUT2D eigenvalue weighted by Gasteiger charge is -2.05. The maximum atomic E-state index is 11.0. The Morgan fingerprint density at radius 3 is 2.69 bits per heavy atom. The SMILES string of the molecule is NCCC(=O)Oc1ccccc1N. The first kappa shape index (κ1) is 9.54. The van der Waals surface area contributed by atoms with Crippen molar-refractivity contribution in [3.05, 3.63) is 24.3 Å². The number of para-hydroxylation sites is 2. The summed E-state index contributed by atoms with van der Waals surface area (Å²) in [4.78, 5) is 11.0. The number of benzene rings is 1. The first-order chi connectivity index (χ1) is 6.24. The van der Waals surface area contributed by atoms with Gasteiger partial charge in [0.1, 0.15) is 0 Å². The molecule has 0 bridgehead atoms. The van der Waals surface area contributed by atoms with Gasteiger partial charge in [-0.15, -0.1) is 0 Å². The van der Waals surface area contributed by atoms with Crippen molar-refractivity contribution in [1.82, 2.24) is 0 Å². The van der Waals surface area contributed by atoms with Crippen molar-refractivity contribution in [2.45, 2.75) is 6.42 Å². The molecule has 1 aromatic carbocycles. The van der Waals surface area contributed by atoms with E-state index in [1.807, 2.05) is 0 Å². The Hall–Kier alpha value is -1.55. The van der Waals surface area contributed by atoms with Crippen LogP contribution >= 0.6 is 0 Å². The standard InChI is InChI=1S/C9H12N2O2/c10-6-5-9(12)13-8-4-2-1-3-7(8)11/h1-4H,5-6,10-11H2. The van der Waals surface area contributed by atoms with Crippen molar-refractivity contribution in [3.63, 3.8) is 0 Å². The molecule has 4 nitrogen and oxygen atoms in total. The minimum absolute atomic E-state index is 0.203. The molecule has 0 amide bonds. The Morgan fingerprint density at radius 1 is 1.38 bits per heavy atom. The van der Waals surface area contributed by atoms with E-state index in [9.17, 15) is 4.79 Å². The van der Waals surface area contributed by atoms with E-state index >= 15 is 0 Å². The van der Waals surface area contributed by atoms with Crippen molar-refractivity contribution < 1.29 is 9.53 Å². The zero-order chi connectivity index (χ0) is 9.68. The van der Waals surface area contributed by atoms with E-state index < -0.39 is 0 Å². The molecule has 0 spiro atoms. The molecule has 1 aromatic rings. The van der Waals surface area contributed by atoms with Crippen molar-refractivity contribution >= 4 is 11.7 Å². The predicted octanol–water partition coefficient (Wildman–Crippen LogP) is 0.523. The second kappa shape index (κ2) is 4.47. The van der Waals surface area contributed by atoms with Crippen LogP contribution in [-0.2, 0) is 4.79 Å². The van der Waals surface area contributed by atoms with Crippen LogP contribution in [0.15, 0.2) is 24.3 Å². The van der Waals surface area contributed by atoms with Crippen LogP contribution in [0.5, 0.6) is 5.75 Å². The Morgan fingerprint density at radius 2 is 2.08 bits per heavy atom. The number of esters is 1. The summed E-state index contributed by atoms with van der Waals surface area (Å²) in [5.74, 6) is 0.0290. The number of carbonyl (C=O) groups is 1. The molecule has 0 heterocycles. The van der Waals surface area contributed by atoms with Crippen molar-refractivity contribution in [1.29, 1.82) is 0 Å². The third kappa shape index (κ3) is 2.76. The summed E-state index contributed by atoms with van der Waals surface area (Å²) >= 11 is 0. The molecule has 0 aliphatic carbocycles. The largest absolute Gasteiger partial charge is 0.424 e. The molecule has 70 valence electrons. The molecule has 0 aliphatic heterocycles. The highest BCUT2D eigenvalue weighted by Gasteiger charge is 2.04. The van der Waals surface area contributed by atoms with Crippen LogP contribution in [0.3, 0.4) is 0 Å². The molecule has 0 aromatic heterocycles. The second-order valence-electron chi connectivity index (χ2n) is 2.55. The number of carbonyl (C=O) groups excluding carboxylic acids is 1. The fourth-order valence-electron chi connectivity index (χ4n) is 0.865. The van der Waals surface area contributed by atoms with E-state index in [4.69, 9.17) is 16.2 Å². The quantitative estimate of drug-likeness (QED) is 0.404. The smallest absolute Gasteiger partial charge is 0.312 e. The van der Waals surface area contributed by atoms with Gasteiger partial charge in [0.15, 0.2) is 5.75 Å². The van der Waals surface area contributed by atoms with Crippen LogP contribution in [0.2, 0.25) is 0 Å². The highest BCUT2D eigenvalue weighted by atomic mass is 16.5. The number of ether oxygens (including phenoxy) is 1. The lowest BCUT2D eigenvalue weighted by Crippen LogP contribution is -2.14. The second-order valence-corrected chi connectivity index (χ2v) is 2.55. The number of nitrogens with two attached hydrogens (primary N) is 2. The van der Waals surface area contributed by atoms with Gasteiger partial charge in [-0.2, -0.15) is 0 Å². The molecule has 0 atom stereocenters. The monoisotopic (exact) mass is 180 g/mol. The van der Waals surface area contributed by atoms with E-state index in [1.165, 1.54) is 0 Å². The van der Waals surface area contributed by atoms with Gasteiger partial charge in [0.2, 0.25) is 0 Å². The van der Waals surface area contributed by atoms with Gasteiger partial charge in [0, 0.05) is 6.54 Å². The summed E-state index contributed by atoms with van der Waals surface area (Å²) in [7, 11) is 0. The Balaban J connectivity index is 2.63. The summed E-state index contributed by atoms with van der Waals surface area (Å²) in [6.07, 6.45) is 0.203. The van der Waals surface area contributed by atoms with E-state index in [-0.39, 0.29) is 18.9 Å². The Bertz CT molecular complexity index is 299. The topological polar surface area (TPSA) is 78.3 Å². The molecule has 13 heavy (non-hydrogen) atoms. The highest BCUT2D eigenvalue weighted by molar-refractivity contribution is 5.74. The zero-order valence-corrected chi connectivity index (χ0v) is 7.19. The number of hydrogen-bond donors (Lipinski definition) is 2. The van der Waals surface area contributed by atoms with Crippen LogP contribution in [-0.4, -0.2) is 12.5 Å². The molecule has 4 N–H and O–H groups in total. The van der Waals surface area contributed by atoms with Crippen molar-refractivity contribution in [2.75, 3.05) is 12.3 Å². The third-order valence-electron chi connectivity index (χ3n) is 1.49. The van der Waals surface area contributed by atoms with E-state index in [0.717, 1.165) is 0 Å². The van der Waals surface area contributed by atoms with E-state index in [2.05, 4.69) is 0 Å². The minimum Gasteiger partial charge on any atom is -0.424 e. The zero-order valence-electron chi connectivity index (χ0n) is 7.19. The van der Waals surface area contributed by atoms with Crippen molar-refractivity contribution in [3.8, 4) is 5.75 Å². The van der Waals surface area contributed by atoms with Gasteiger partial charge in [-0.25, -0.2) is 0 Å². The first-order valence-electron chi connectivity index (χ1n) is 3.99. The van der Waals surface area contributed by atoms with Crippen LogP contribution < -0.4 is 16.2 Å². The van der Waals surface area contributed by atoms with Gasteiger partial charge in [-0.1, -0.05) is 12.1 Å². The van der Waals surface area contributed by atoms with Crippen LogP contribution in [0.1, 0.15) is 6.42 Å². The highest BCUT2D eigenvalue weighted by Crippen LogP contribution is 2.19. The molecule has 0 saturated heterocycles. The normalized spacial score (nSPS) is 9.62. The molecule has 0 radical (unpaired) electrons. The first-order valence-corrected chi connectivity index (χ1v) is 3.99. The Kier molecular flexibility index (Phi) is 3.28. The average molecular weight is 180 g/mol. The summed E-state index contributed by atoms with van der Waals surface area (Å²) in [5.41, 5.74) is 11.2. The lowest BCUT2D eigenvalue weighted by atomic mass is 10.3. The van der Waals surface area contributed by atoms with Gasteiger partial charge in [-0.05, 0) is 12.1 Å². The molecule has 4 heteroatoms. The molecular weight excluding hydrogens is 168 g/mol. The summed E-state index contributed by atoms with van der Waals surface area (Å²) in [6, 6.07) is 6.84. The van der Waals surface area contributed by atoms with Gasteiger partial charge in [0.25, 0.3) is 0 Å².